The molecule has 0 amide bonds. The third-order valence-electron chi connectivity index (χ3n) is 6.16. The van der Waals surface area contributed by atoms with Crippen molar-refractivity contribution in [3.05, 3.63) is 88.1 Å². The highest BCUT2D eigenvalue weighted by molar-refractivity contribution is 6.00. The number of allylic oxidation sites excluding steroid dienone is 9. The van der Waals surface area contributed by atoms with Crippen LogP contribution in [-0.4, -0.2) is 19.0 Å². The summed E-state index contributed by atoms with van der Waals surface area (Å²) in [6.45, 7) is 28.5. The number of rotatable bonds is 12. The monoisotopic (exact) mass is 550 g/mol. The molecular formula is C37H62N2O. The first-order valence-corrected chi connectivity index (χ1v) is 15.1. The van der Waals surface area contributed by atoms with E-state index in [2.05, 4.69) is 71.5 Å². The Balaban J connectivity index is -0.000000526. The van der Waals surface area contributed by atoms with Crippen LogP contribution in [-0.2, 0) is 12.8 Å². The van der Waals surface area contributed by atoms with E-state index in [4.69, 9.17) is 15.6 Å². The van der Waals surface area contributed by atoms with Gasteiger partial charge in [-0.25, -0.2) is 0 Å². The van der Waals surface area contributed by atoms with E-state index >= 15 is 0 Å². The van der Waals surface area contributed by atoms with Crippen LogP contribution < -0.4 is 4.74 Å². The molecule has 0 bridgehead atoms. The Morgan fingerprint density at radius 2 is 1.65 bits per heavy atom. The minimum absolute atomic E-state index is 0.544. The highest BCUT2D eigenvalue weighted by Crippen LogP contribution is 2.22. The first-order valence-electron chi connectivity index (χ1n) is 15.1. The molecular weight excluding hydrogens is 488 g/mol. The average molecular weight is 551 g/mol. The van der Waals surface area contributed by atoms with E-state index < -0.39 is 0 Å². The molecule has 0 heterocycles. The summed E-state index contributed by atoms with van der Waals surface area (Å²) in [6.07, 6.45) is 15.5. The summed E-state index contributed by atoms with van der Waals surface area (Å²) in [5, 5.41) is 15.0. The van der Waals surface area contributed by atoms with Crippen molar-refractivity contribution in [1.82, 2.24) is 0 Å². The maximum absolute atomic E-state index is 7.67. The molecule has 0 radical (unpaired) electrons. The fourth-order valence-corrected chi connectivity index (χ4v) is 3.70. The lowest BCUT2D eigenvalue weighted by Crippen LogP contribution is -1.98. The number of ether oxygens (including phenoxy) is 1. The number of hydrogen-bond acceptors (Lipinski definition) is 3. The fraction of sp³-hybridized carbons (Fsp3) is 0.514. The second kappa shape index (κ2) is 26.3. The number of benzene rings is 1. The quantitative estimate of drug-likeness (QED) is 0.152. The van der Waals surface area contributed by atoms with Gasteiger partial charge in [0.05, 0.1) is 7.11 Å². The van der Waals surface area contributed by atoms with Crippen LogP contribution in [0.25, 0.3) is 0 Å². The van der Waals surface area contributed by atoms with Gasteiger partial charge in [0.1, 0.15) is 5.75 Å². The lowest BCUT2D eigenvalue weighted by atomic mass is 9.97. The van der Waals surface area contributed by atoms with Crippen LogP contribution >= 0.6 is 0 Å². The Kier molecular flexibility index (Phi) is 27.3. The van der Waals surface area contributed by atoms with Gasteiger partial charge in [0.25, 0.3) is 0 Å². The molecule has 1 atom stereocenters. The molecule has 1 aromatic rings. The van der Waals surface area contributed by atoms with Crippen LogP contribution in [0.4, 0.5) is 0 Å². The maximum atomic E-state index is 7.67. The third kappa shape index (κ3) is 18.4. The molecule has 1 aromatic carbocycles. The van der Waals surface area contributed by atoms with Gasteiger partial charge in [0.2, 0.25) is 0 Å². The molecule has 0 aliphatic heterocycles. The zero-order valence-electron chi connectivity index (χ0n) is 28.3. The Bertz CT molecular complexity index is 985. The number of nitrogens with one attached hydrogen (secondary N) is 2. The summed E-state index contributed by atoms with van der Waals surface area (Å²) in [5.74, 6) is 1.82. The van der Waals surface area contributed by atoms with E-state index in [1.165, 1.54) is 36.6 Å². The Hall–Kier alpha value is -2.94. The summed E-state index contributed by atoms with van der Waals surface area (Å²) in [6, 6.07) is 6.51. The van der Waals surface area contributed by atoms with Gasteiger partial charge in [-0.3, -0.25) is 0 Å². The SMILES string of the molecule is C=C(/C=C(C)\C(=C/C)C(C)=N)C(C=N)=C(C)C.CC.CC/C=C\C(C)CC.CCCc1ccc(CC)cc1OC. The Labute approximate surface area is 249 Å². The van der Waals surface area contributed by atoms with Crippen LogP contribution in [0.15, 0.2) is 76.9 Å². The van der Waals surface area contributed by atoms with E-state index in [9.17, 15) is 0 Å². The standard InChI is InChI=1S/C15H22N2.C12H18O.C8H16.C2H6/c1-7-14(13(6)17)11(4)8-12(5)15(9-16)10(2)3;1-4-6-11-8-7-10(5-2)9-12(11)13-3;1-4-6-7-8(3)5-2;1-2/h7-9,16-17H,5H2,1-4,6H3;7-9H,4-6H2,1-3H3;6-8H,4-5H2,1-3H3;1-2H3/b11-8-,14-7+,16-9?,17-13?;;7-6-;. The van der Waals surface area contributed by atoms with Crippen LogP contribution in [0.1, 0.15) is 113 Å². The molecule has 0 fully saturated rings. The maximum Gasteiger partial charge on any atom is 0.122 e. The van der Waals surface area contributed by atoms with E-state index in [1.54, 1.807) is 14.0 Å². The second-order valence-electron chi connectivity index (χ2n) is 9.71. The average Bonchev–Trinajstić information content (AvgIpc) is 2.94. The van der Waals surface area contributed by atoms with Crippen molar-refractivity contribution in [2.45, 2.75) is 115 Å². The highest BCUT2D eigenvalue weighted by Gasteiger charge is 2.05. The van der Waals surface area contributed by atoms with Crippen molar-refractivity contribution in [3.63, 3.8) is 0 Å². The highest BCUT2D eigenvalue weighted by atomic mass is 16.5. The van der Waals surface area contributed by atoms with Crippen molar-refractivity contribution in [2.75, 3.05) is 7.11 Å². The Morgan fingerprint density at radius 3 is 2.02 bits per heavy atom. The predicted molar refractivity (Wildman–Crippen MR) is 184 cm³/mol. The second-order valence-corrected chi connectivity index (χ2v) is 9.71. The van der Waals surface area contributed by atoms with Gasteiger partial charge in [-0.05, 0) is 99.3 Å². The molecule has 0 aliphatic rings. The van der Waals surface area contributed by atoms with Gasteiger partial charge >= 0.3 is 0 Å². The minimum Gasteiger partial charge on any atom is -0.496 e. The summed E-state index contributed by atoms with van der Waals surface area (Å²) < 4.78 is 5.34. The van der Waals surface area contributed by atoms with Gasteiger partial charge in [0.15, 0.2) is 0 Å². The largest absolute Gasteiger partial charge is 0.496 e. The molecule has 0 aliphatic carbocycles. The van der Waals surface area contributed by atoms with E-state index in [0.29, 0.717) is 5.71 Å². The van der Waals surface area contributed by atoms with Crippen molar-refractivity contribution < 1.29 is 4.74 Å². The zero-order valence-corrected chi connectivity index (χ0v) is 28.3. The summed E-state index contributed by atoms with van der Waals surface area (Å²) in [7, 11) is 1.74. The first-order chi connectivity index (χ1) is 19.0. The van der Waals surface area contributed by atoms with Crippen molar-refractivity contribution in [3.8, 4) is 5.75 Å². The molecule has 0 saturated carbocycles. The van der Waals surface area contributed by atoms with Gasteiger partial charge < -0.3 is 15.6 Å². The third-order valence-corrected chi connectivity index (χ3v) is 6.16. The topological polar surface area (TPSA) is 56.9 Å². The smallest absolute Gasteiger partial charge is 0.122 e. The summed E-state index contributed by atoms with van der Waals surface area (Å²) >= 11 is 0. The molecule has 3 nitrogen and oxygen atoms in total. The zero-order chi connectivity index (χ0) is 31.7. The van der Waals surface area contributed by atoms with Gasteiger partial charge in [0, 0.05) is 11.9 Å². The molecule has 2 N–H and O–H groups in total. The van der Waals surface area contributed by atoms with Crippen molar-refractivity contribution in [2.24, 2.45) is 5.92 Å². The van der Waals surface area contributed by atoms with Gasteiger partial charge in [-0.1, -0.05) is 110 Å². The normalized spacial score (nSPS) is 11.5. The first kappa shape index (κ1) is 41.5. The molecule has 226 valence electrons. The lowest BCUT2D eigenvalue weighted by molar-refractivity contribution is 0.409. The van der Waals surface area contributed by atoms with Gasteiger partial charge in [-0.15, -0.1) is 0 Å². The number of aryl methyl sites for hydroxylation is 2. The van der Waals surface area contributed by atoms with Crippen LogP contribution in [0.5, 0.6) is 5.75 Å². The van der Waals surface area contributed by atoms with Crippen molar-refractivity contribution >= 4 is 11.9 Å². The molecule has 40 heavy (non-hydrogen) atoms. The number of methoxy groups -OCH3 is 1. The fourth-order valence-electron chi connectivity index (χ4n) is 3.70. The number of hydrogen-bond donors (Lipinski definition) is 2. The Morgan fingerprint density at radius 1 is 1.05 bits per heavy atom. The van der Waals surface area contributed by atoms with Gasteiger partial charge in [-0.2, -0.15) is 0 Å². The lowest BCUT2D eigenvalue weighted by Gasteiger charge is -2.08. The molecule has 1 unspecified atom stereocenters. The molecule has 0 saturated heterocycles. The van der Waals surface area contributed by atoms with E-state index in [1.807, 2.05) is 53.7 Å². The minimum atomic E-state index is 0.544. The van der Waals surface area contributed by atoms with Crippen molar-refractivity contribution in [1.29, 1.82) is 10.8 Å². The molecule has 0 aromatic heterocycles. The molecule has 0 spiro atoms. The predicted octanol–water partition coefficient (Wildman–Crippen LogP) is 11.7. The van der Waals surface area contributed by atoms with E-state index in [0.717, 1.165) is 52.4 Å². The summed E-state index contributed by atoms with van der Waals surface area (Å²) in [4.78, 5) is 0. The summed E-state index contributed by atoms with van der Waals surface area (Å²) in [5.41, 5.74) is 7.87. The van der Waals surface area contributed by atoms with Crippen LogP contribution in [0.2, 0.25) is 0 Å². The molecule has 3 heteroatoms. The van der Waals surface area contributed by atoms with E-state index in [-0.39, 0.29) is 0 Å². The van der Waals surface area contributed by atoms with Crippen LogP contribution in [0, 0.1) is 16.7 Å². The molecule has 1 rings (SSSR count). The van der Waals surface area contributed by atoms with Crippen LogP contribution in [0.3, 0.4) is 0 Å².